The monoisotopic (exact) mass is 340 g/mol. The molecule has 3 rings (SSSR count). The van der Waals surface area contributed by atoms with Crippen LogP contribution in [-0.2, 0) is 11.2 Å². The molecule has 1 aliphatic heterocycles. The van der Waals surface area contributed by atoms with E-state index in [1.807, 2.05) is 0 Å². The summed E-state index contributed by atoms with van der Waals surface area (Å²) >= 11 is 1.75. The standard InChI is InChI=1S/C20H24N2OS/c1-2-11-22-19(23)20(10-4-12-21-15-20)14-16-6-8-17(9-7-16)18-5-3-13-24-18/h2-3,5-9,13,21H,1,4,10-12,14-15H2,(H,22,23). The molecule has 0 bridgehead atoms. The van der Waals surface area contributed by atoms with Gasteiger partial charge < -0.3 is 10.6 Å². The lowest BCUT2D eigenvalue weighted by atomic mass is 9.75. The molecule has 2 aromatic rings. The maximum Gasteiger partial charge on any atom is 0.228 e. The van der Waals surface area contributed by atoms with E-state index >= 15 is 0 Å². The van der Waals surface area contributed by atoms with Crippen LogP contribution in [0, 0.1) is 5.41 Å². The summed E-state index contributed by atoms with van der Waals surface area (Å²) in [6.07, 6.45) is 4.47. The molecule has 2 N–H and O–H groups in total. The Morgan fingerprint density at radius 2 is 2.17 bits per heavy atom. The van der Waals surface area contributed by atoms with E-state index in [0.717, 1.165) is 32.4 Å². The van der Waals surface area contributed by atoms with Crippen LogP contribution in [0.2, 0.25) is 0 Å². The predicted octanol–water partition coefficient (Wildman–Crippen LogP) is 3.63. The zero-order chi connectivity index (χ0) is 16.8. The summed E-state index contributed by atoms with van der Waals surface area (Å²) in [6.45, 7) is 5.95. The van der Waals surface area contributed by atoms with Crippen molar-refractivity contribution in [3.8, 4) is 10.4 Å². The van der Waals surface area contributed by atoms with Crippen molar-refractivity contribution in [1.29, 1.82) is 0 Å². The van der Waals surface area contributed by atoms with Crippen molar-refractivity contribution >= 4 is 17.2 Å². The smallest absolute Gasteiger partial charge is 0.228 e. The Hall–Kier alpha value is -1.91. The van der Waals surface area contributed by atoms with Gasteiger partial charge in [0.25, 0.3) is 0 Å². The van der Waals surface area contributed by atoms with Gasteiger partial charge in [0.05, 0.1) is 5.41 Å². The molecule has 0 spiro atoms. The number of piperidine rings is 1. The largest absolute Gasteiger partial charge is 0.352 e. The van der Waals surface area contributed by atoms with Crippen LogP contribution < -0.4 is 10.6 Å². The van der Waals surface area contributed by atoms with Crippen LogP contribution in [0.15, 0.2) is 54.4 Å². The fraction of sp³-hybridized carbons (Fsp3) is 0.350. The van der Waals surface area contributed by atoms with Gasteiger partial charge in [-0.05, 0) is 48.4 Å². The highest BCUT2D eigenvalue weighted by molar-refractivity contribution is 7.13. The first-order chi connectivity index (χ1) is 11.7. The van der Waals surface area contributed by atoms with Crippen molar-refractivity contribution in [1.82, 2.24) is 10.6 Å². The minimum atomic E-state index is -0.355. The third-order valence-electron chi connectivity index (χ3n) is 4.66. The quantitative estimate of drug-likeness (QED) is 0.789. The second kappa shape index (κ2) is 7.77. The maximum absolute atomic E-state index is 12.7. The molecule has 1 amide bonds. The summed E-state index contributed by atoms with van der Waals surface area (Å²) in [5, 5.41) is 8.50. The highest BCUT2D eigenvalue weighted by Crippen LogP contribution is 2.32. The van der Waals surface area contributed by atoms with Gasteiger partial charge in [0.15, 0.2) is 0 Å². The molecule has 24 heavy (non-hydrogen) atoms. The number of hydrogen-bond acceptors (Lipinski definition) is 3. The molecule has 1 aromatic heterocycles. The van der Waals surface area contributed by atoms with Crippen molar-refractivity contribution in [2.75, 3.05) is 19.6 Å². The Kier molecular flexibility index (Phi) is 5.48. The summed E-state index contributed by atoms with van der Waals surface area (Å²) in [5.74, 6) is 0.136. The fourth-order valence-corrected chi connectivity index (χ4v) is 4.10. The lowest BCUT2D eigenvalue weighted by Gasteiger charge is -2.36. The fourth-order valence-electron chi connectivity index (χ4n) is 3.37. The van der Waals surface area contributed by atoms with E-state index in [1.54, 1.807) is 17.4 Å². The van der Waals surface area contributed by atoms with Crippen LogP contribution in [0.25, 0.3) is 10.4 Å². The zero-order valence-electron chi connectivity index (χ0n) is 13.9. The van der Waals surface area contributed by atoms with Gasteiger partial charge in [0, 0.05) is 18.0 Å². The zero-order valence-corrected chi connectivity index (χ0v) is 14.7. The molecule has 0 saturated carbocycles. The topological polar surface area (TPSA) is 41.1 Å². The lowest BCUT2D eigenvalue weighted by Crippen LogP contribution is -2.51. The third kappa shape index (κ3) is 3.77. The number of thiophene rings is 1. The molecule has 3 nitrogen and oxygen atoms in total. The number of amides is 1. The first kappa shape index (κ1) is 16.9. The molecule has 0 aliphatic carbocycles. The Morgan fingerprint density at radius 1 is 1.33 bits per heavy atom. The highest BCUT2D eigenvalue weighted by Gasteiger charge is 2.39. The Morgan fingerprint density at radius 3 is 2.79 bits per heavy atom. The maximum atomic E-state index is 12.7. The molecule has 1 aliphatic rings. The first-order valence-electron chi connectivity index (χ1n) is 8.46. The minimum absolute atomic E-state index is 0.136. The second-order valence-electron chi connectivity index (χ2n) is 6.41. The van der Waals surface area contributed by atoms with Gasteiger partial charge in [-0.1, -0.05) is 36.4 Å². The van der Waals surface area contributed by atoms with E-state index in [9.17, 15) is 4.79 Å². The van der Waals surface area contributed by atoms with Crippen molar-refractivity contribution in [2.45, 2.75) is 19.3 Å². The van der Waals surface area contributed by atoms with Crippen molar-refractivity contribution in [3.63, 3.8) is 0 Å². The van der Waals surface area contributed by atoms with Crippen LogP contribution >= 0.6 is 11.3 Å². The van der Waals surface area contributed by atoms with E-state index in [0.29, 0.717) is 6.54 Å². The molecule has 1 saturated heterocycles. The molecule has 1 aromatic carbocycles. The molecule has 1 fully saturated rings. The number of benzene rings is 1. The average molecular weight is 340 g/mol. The number of hydrogen-bond donors (Lipinski definition) is 2. The van der Waals surface area contributed by atoms with Gasteiger partial charge in [-0.3, -0.25) is 4.79 Å². The van der Waals surface area contributed by atoms with Crippen LogP contribution in [0.4, 0.5) is 0 Å². The number of nitrogens with one attached hydrogen (secondary N) is 2. The summed E-state index contributed by atoms with van der Waals surface area (Å²) in [4.78, 5) is 14.0. The molecule has 126 valence electrons. The highest BCUT2D eigenvalue weighted by atomic mass is 32.1. The minimum Gasteiger partial charge on any atom is -0.352 e. The van der Waals surface area contributed by atoms with Gasteiger partial charge in [-0.2, -0.15) is 0 Å². The van der Waals surface area contributed by atoms with Gasteiger partial charge in [-0.15, -0.1) is 17.9 Å². The third-order valence-corrected chi connectivity index (χ3v) is 5.58. The lowest BCUT2D eigenvalue weighted by molar-refractivity contribution is -0.131. The van der Waals surface area contributed by atoms with Crippen LogP contribution in [0.5, 0.6) is 0 Å². The molecule has 0 radical (unpaired) electrons. The Labute approximate surface area is 147 Å². The SMILES string of the molecule is C=CCNC(=O)C1(Cc2ccc(-c3cccs3)cc2)CCCNC1. The van der Waals surface area contributed by atoms with Crippen LogP contribution in [0.1, 0.15) is 18.4 Å². The normalized spacial score (nSPS) is 20.5. The van der Waals surface area contributed by atoms with Crippen LogP contribution in [0.3, 0.4) is 0 Å². The van der Waals surface area contributed by atoms with E-state index < -0.39 is 0 Å². The van der Waals surface area contributed by atoms with Gasteiger partial charge in [0.1, 0.15) is 0 Å². The second-order valence-corrected chi connectivity index (χ2v) is 7.36. The van der Waals surface area contributed by atoms with E-state index in [-0.39, 0.29) is 11.3 Å². The predicted molar refractivity (Wildman–Crippen MR) is 101 cm³/mol. The summed E-state index contributed by atoms with van der Waals surface area (Å²) in [6, 6.07) is 12.8. The molecular formula is C20H24N2OS. The number of carbonyl (C=O) groups is 1. The first-order valence-corrected chi connectivity index (χ1v) is 9.34. The summed E-state index contributed by atoms with van der Waals surface area (Å²) < 4.78 is 0. The summed E-state index contributed by atoms with van der Waals surface area (Å²) in [5.41, 5.74) is 2.10. The van der Waals surface area contributed by atoms with Gasteiger partial charge in [-0.25, -0.2) is 0 Å². The summed E-state index contributed by atoms with van der Waals surface area (Å²) in [7, 11) is 0. The van der Waals surface area contributed by atoms with Crippen molar-refractivity contribution in [2.24, 2.45) is 5.41 Å². The molecule has 4 heteroatoms. The average Bonchev–Trinajstić information content (AvgIpc) is 3.16. The van der Waals surface area contributed by atoms with E-state index in [2.05, 4.69) is 59.0 Å². The van der Waals surface area contributed by atoms with E-state index in [4.69, 9.17) is 0 Å². The van der Waals surface area contributed by atoms with E-state index in [1.165, 1.54) is 16.0 Å². The number of carbonyl (C=O) groups excluding carboxylic acids is 1. The van der Waals surface area contributed by atoms with Gasteiger partial charge >= 0.3 is 0 Å². The number of rotatable bonds is 6. The molecule has 2 heterocycles. The Bertz CT molecular complexity index is 670. The Balaban J connectivity index is 1.77. The molecule has 1 unspecified atom stereocenters. The molecular weight excluding hydrogens is 316 g/mol. The molecule has 1 atom stereocenters. The van der Waals surface area contributed by atoms with Gasteiger partial charge in [0.2, 0.25) is 5.91 Å². The van der Waals surface area contributed by atoms with Crippen molar-refractivity contribution < 1.29 is 4.79 Å². The van der Waals surface area contributed by atoms with Crippen LogP contribution in [-0.4, -0.2) is 25.5 Å². The van der Waals surface area contributed by atoms with Crippen molar-refractivity contribution in [3.05, 3.63) is 60.0 Å².